The van der Waals surface area contributed by atoms with E-state index in [-0.39, 0.29) is 16.4 Å². The maximum Gasteiger partial charge on any atom is 0.274 e. The maximum absolute atomic E-state index is 13.1. The highest BCUT2D eigenvalue weighted by atomic mass is 32.1. The molecule has 1 N–H and O–H groups in total. The standard InChI is InChI=1S/C24H26N2O2S/c1-23(2,3)15-11-14(12-16(20(15)27)24(4,5)6)13-19-21(28)26-18-10-8-7-9-17(18)25-22(26)29-19/h7-13,27H,1-6H3/b19-13-. The molecule has 4 nitrogen and oxygen atoms in total. The largest absolute Gasteiger partial charge is 0.507 e. The minimum atomic E-state index is -0.214. The van der Waals surface area contributed by atoms with Crippen LogP contribution in [0.15, 0.2) is 41.2 Å². The normalized spacial score (nSPS) is 13.7. The van der Waals surface area contributed by atoms with Gasteiger partial charge in [-0.15, -0.1) is 0 Å². The maximum atomic E-state index is 13.1. The van der Waals surface area contributed by atoms with Crippen LogP contribution in [0.25, 0.3) is 22.1 Å². The minimum absolute atomic E-state index is 0.0543. The summed E-state index contributed by atoms with van der Waals surface area (Å²) >= 11 is 1.40. The van der Waals surface area contributed by atoms with Gasteiger partial charge in [-0.25, -0.2) is 9.38 Å². The van der Waals surface area contributed by atoms with E-state index in [1.807, 2.05) is 42.5 Å². The van der Waals surface area contributed by atoms with Crippen molar-refractivity contribution in [3.63, 3.8) is 0 Å². The lowest BCUT2D eigenvalue weighted by Gasteiger charge is -2.27. The molecule has 4 aromatic rings. The van der Waals surface area contributed by atoms with Gasteiger partial charge in [0.05, 0.1) is 15.6 Å². The van der Waals surface area contributed by atoms with Gasteiger partial charge in [-0.05, 0) is 46.7 Å². The van der Waals surface area contributed by atoms with Crippen molar-refractivity contribution in [1.82, 2.24) is 9.38 Å². The summed E-state index contributed by atoms with van der Waals surface area (Å²) in [6, 6.07) is 11.7. The third-order valence-electron chi connectivity index (χ3n) is 5.19. The highest BCUT2D eigenvalue weighted by Crippen LogP contribution is 2.39. The van der Waals surface area contributed by atoms with Crippen LogP contribution in [0.3, 0.4) is 0 Å². The fourth-order valence-electron chi connectivity index (χ4n) is 3.65. The smallest absolute Gasteiger partial charge is 0.274 e. The first-order valence-corrected chi connectivity index (χ1v) is 10.6. The number of imidazole rings is 1. The molecule has 0 atom stereocenters. The molecule has 0 spiro atoms. The SMILES string of the molecule is CC(C)(C)c1cc(/C=c2\sc3nc4ccccc4n3c2=O)cc(C(C)(C)C)c1O. The van der Waals surface area contributed by atoms with Gasteiger partial charge in [0.25, 0.3) is 5.56 Å². The Balaban J connectivity index is 1.99. The molecule has 0 aliphatic carbocycles. The van der Waals surface area contributed by atoms with Crippen molar-refractivity contribution < 1.29 is 5.11 Å². The first kappa shape index (κ1) is 19.6. The first-order chi connectivity index (χ1) is 13.5. The summed E-state index contributed by atoms with van der Waals surface area (Å²) in [4.78, 5) is 18.4. The Hall–Kier alpha value is -2.66. The summed E-state index contributed by atoms with van der Waals surface area (Å²) in [7, 11) is 0. The van der Waals surface area contributed by atoms with Crippen LogP contribution >= 0.6 is 11.3 Å². The van der Waals surface area contributed by atoms with E-state index >= 15 is 0 Å². The molecule has 150 valence electrons. The number of hydrogen-bond donors (Lipinski definition) is 1. The fourth-order valence-corrected chi connectivity index (χ4v) is 4.63. The number of thiazole rings is 1. The molecule has 0 fully saturated rings. The molecule has 2 aromatic heterocycles. The molecule has 29 heavy (non-hydrogen) atoms. The molecule has 0 unspecified atom stereocenters. The Morgan fingerprint density at radius 1 is 1.00 bits per heavy atom. The van der Waals surface area contributed by atoms with Crippen LogP contribution in [0.1, 0.15) is 58.2 Å². The van der Waals surface area contributed by atoms with Gasteiger partial charge >= 0.3 is 0 Å². The van der Waals surface area contributed by atoms with Gasteiger partial charge in [0, 0.05) is 11.1 Å². The van der Waals surface area contributed by atoms with E-state index in [2.05, 4.69) is 46.5 Å². The Morgan fingerprint density at radius 3 is 2.17 bits per heavy atom. The minimum Gasteiger partial charge on any atom is -0.507 e. The third-order valence-corrected chi connectivity index (χ3v) is 6.16. The number of para-hydroxylation sites is 2. The molecule has 2 aromatic carbocycles. The predicted molar refractivity (Wildman–Crippen MR) is 121 cm³/mol. The number of phenols is 1. The van der Waals surface area contributed by atoms with Gasteiger partial charge in [0.2, 0.25) is 0 Å². The summed E-state index contributed by atoms with van der Waals surface area (Å²) in [5, 5.41) is 10.9. The molecule has 0 aliphatic rings. The van der Waals surface area contributed by atoms with Crippen LogP contribution in [0.5, 0.6) is 5.75 Å². The molecular formula is C24H26N2O2S. The van der Waals surface area contributed by atoms with E-state index in [9.17, 15) is 9.90 Å². The van der Waals surface area contributed by atoms with Crippen molar-refractivity contribution in [3.8, 4) is 5.75 Å². The average molecular weight is 407 g/mol. The average Bonchev–Trinajstić information content (AvgIpc) is 3.11. The molecule has 0 aliphatic heterocycles. The molecule has 0 saturated carbocycles. The van der Waals surface area contributed by atoms with Gasteiger partial charge in [-0.1, -0.05) is 65.0 Å². The van der Waals surface area contributed by atoms with Gasteiger partial charge < -0.3 is 5.11 Å². The van der Waals surface area contributed by atoms with E-state index in [0.717, 1.165) is 27.7 Å². The summed E-state index contributed by atoms with van der Waals surface area (Å²) in [6.07, 6.45) is 1.92. The fraction of sp³-hybridized carbons (Fsp3) is 0.333. The molecular weight excluding hydrogens is 380 g/mol. The summed E-state index contributed by atoms with van der Waals surface area (Å²) < 4.78 is 2.32. The zero-order chi connectivity index (χ0) is 21.1. The highest BCUT2D eigenvalue weighted by Gasteiger charge is 2.26. The predicted octanol–water partition coefficient (Wildman–Crippen LogP) is 4.76. The van der Waals surface area contributed by atoms with Gasteiger partial charge in [0.15, 0.2) is 4.96 Å². The second-order valence-electron chi connectivity index (χ2n) is 9.60. The van der Waals surface area contributed by atoms with E-state index in [0.29, 0.717) is 15.2 Å². The van der Waals surface area contributed by atoms with Crippen molar-refractivity contribution >= 4 is 33.4 Å². The van der Waals surface area contributed by atoms with Crippen molar-refractivity contribution in [1.29, 1.82) is 0 Å². The molecule has 0 radical (unpaired) electrons. The zero-order valence-electron chi connectivity index (χ0n) is 17.7. The number of fused-ring (bicyclic) bond motifs is 3. The number of phenolic OH excluding ortho intramolecular Hbond substituents is 1. The van der Waals surface area contributed by atoms with E-state index in [4.69, 9.17) is 0 Å². The lowest BCUT2D eigenvalue weighted by molar-refractivity contribution is 0.423. The van der Waals surface area contributed by atoms with Crippen molar-refractivity contribution in [2.75, 3.05) is 0 Å². The van der Waals surface area contributed by atoms with E-state index in [1.165, 1.54) is 11.3 Å². The quantitative estimate of drug-likeness (QED) is 0.496. The Kier molecular flexibility index (Phi) is 4.35. The number of nitrogens with zero attached hydrogens (tertiary/aromatic N) is 2. The lowest BCUT2D eigenvalue weighted by Crippen LogP contribution is -2.23. The zero-order valence-corrected chi connectivity index (χ0v) is 18.5. The molecule has 4 rings (SSSR count). The lowest BCUT2D eigenvalue weighted by atomic mass is 9.78. The number of hydrogen-bond acceptors (Lipinski definition) is 4. The number of aromatic nitrogens is 2. The topological polar surface area (TPSA) is 54.6 Å². The first-order valence-electron chi connectivity index (χ1n) is 9.76. The molecule has 2 heterocycles. The van der Waals surface area contributed by atoms with Crippen molar-refractivity contribution in [2.45, 2.75) is 52.4 Å². The summed E-state index contributed by atoms with van der Waals surface area (Å²) in [5.41, 5.74) is 3.87. The van der Waals surface area contributed by atoms with Gasteiger partial charge in [0.1, 0.15) is 5.75 Å². The van der Waals surface area contributed by atoms with Gasteiger partial charge in [-0.3, -0.25) is 4.79 Å². The third kappa shape index (κ3) is 3.33. The number of rotatable bonds is 1. The van der Waals surface area contributed by atoms with E-state index in [1.54, 1.807) is 4.40 Å². The van der Waals surface area contributed by atoms with Crippen molar-refractivity contribution in [2.24, 2.45) is 0 Å². The van der Waals surface area contributed by atoms with Crippen LogP contribution in [0.4, 0.5) is 0 Å². The molecule has 0 bridgehead atoms. The second-order valence-corrected chi connectivity index (χ2v) is 10.6. The number of benzene rings is 2. The molecule has 0 amide bonds. The molecule has 5 heteroatoms. The second kappa shape index (κ2) is 6.42. The van der Waals surface area contributed by atoms with E-state index < -0.39 is 0 Å². The number of aromatic hydroxyl groups is 1. The van der Waals surface area contributed by atoms with Crippen LogP contribution in [0, 0.1) is 0 Å². The Labute approximate surface area is 174 Å². The van der Waals surface area contributed by atoms with Crippen LogP contribution in [0.2, 0.25) is 0 Å². The van der Waals surface area contributed by atoms with Crippen LogP contribution < -0.4 is 10.1 Å². The van der Waals surface area contributed by atoms with Crippen molar-refractivity contribution in [3.05, 3.63) is 68.0 Å². The Morgan fingerprint density at radius 2 is 1.59 bits per heavy atom. The highest BCUT2D eigenvalue weighted by molar-refractivity contribution is 7.15. The van der Waals surface area contributed by atoms with Crippen LogP contribution in [-0.2, 0) is 10.8 Å². The summed E-state index contributed by atoms with van der Waals surface area (Å²) in [5.74, 6) is 0.344. The van der Waals surface area contributed by atoms with Crippen LogP contribution in [-0.4, -0.2) is 14.5 Å². The van der Waals surface area contributed by atoms with Gasteiger partial charge in [-0.2, -0.15) is 0 Å². The monoisotopic (exact) mass is 406 g/mol. The summed E-state index contributed by atoms with van der Waals surface area (Å²) in [6.45, 7) is 12.5. The molecule has 0 saturated heterocycles. The Bertz CT molecular complexity index is 1310.